The third-order valence-corrected chi connectivity index (χ3v) is 5.69. The summed E-state index contributed by atoms with van der Waals surface area (Å²) in [6, 6.07) is 13.8. The van der Waals surface area contributed by atoms with Gasteiger partial charge in [-0.25, -0.2) is 14.6 Å². The van der Waals surface area contributed by atoms with Gasteiger partial charge >= 0.3 is 6.36 Å². The molecule has 174 valence electrons. The van der Waals surface area contributed by atoms with Crippen molar-refractivity contribution in [2.24, 2.45) is 0 Å². The first-order valence-corrected chi connectivity index (χ1v) is 11.3. The van der Waals surface area contributed by atoms with Crippen LogP contribution in [0.4, 0.5) is 18.9 Å². The molecule has 0 radical (unpaired) electrons. The highest BCUT2D eigenvalue weighted by Gasteiger charge is 2.31. The summed E-state index contributed by atoms with van der Waals surface area (Å²) in [7, 11) is 0. The lowest BCUT2D eigenvalue weighted by Gasteiger charge is -2.10. The average Bonchev–Trinajstić information content (AvgIpc) is 3.23. The Labute approximate surface area is 203 Å². The van der Waals surface area contributed by atoms with Crippen molar-refractivity contribution in [2.75, 3.05) is 5.32 Å². The molecular formula is C21H14BrF3N6O2S. The van der Waals surface area contributed by atoms with Crippen LogP contribution in [0.1, 0.15) is 16.2 Å². The zero-order valence-corrected chi connectivity index (χ0v) is 19.4. The molecule has 13 heteroatoms. The number of carbonyl (C=O) groups is 1. The number of alkyl halides is 3. The summed E-state index contributed by atoms with van der Waals surface area (Å²) in [6.45, 7) is 0. The number of aromatic nitrogens is 5. The van der Waals surface area contributed by atoms with E-state index in [1.165, 1.54) is 28.6 Å². The van der Waals surface area contributed by atoms with Crippen molar-refractivity contribution in [1.29, 1.82) is 0 Å². The van der Waals surface area contributed by atoms with E-state index in [0.29, 0.717) is 16.5 Å². The molecule has 34 heavy (non-hydrogen) atoms. The minimum absolute atomic E-state index is 0.0574. The summed E-state index contributed by atoms with van der Waals surface area (Å²) in [6.07, 6.45) is -1.58. The Balaban J connectivity index is 1.58. The molecule has 4 rings (SSSR count). The highest BCUT2D eigenvalue weighted by atomic mass is 79.9. The largest absolute Gasteiger partial charge is 0.573 e. The molecule has 0 spiro atoms. The van der Waals surface area contributed by atoms with Gasteiger partial charge in [0.05, 0.1) is 11.4 Å². The standard InChI is InChI=1S/C21H14BrF3N6O2S/c22-13-2-6-15(7-3-13)31-17(12-34-20-26-10-1-11-27-20)18(29-30-31)19(32)28-14-4-8-16(9-5-14)33-21(23,24)25/h1-11H,12H2,(H,28,32). The molecule has 0 bridgehead atoms. The van der Waals surface area contributed by atoms with Crippen molar-refractivity contribution >= 4 is 39.3 Å². The van der Waals surface area contributed by atoms with Crippen LogP contribution >= 0.6 is 27.7 Å². The molecule has 1 amide bonds. The SMILES string of the molecule is O=C(Nc1ccc(OC(F)(F)F)cc1)c1nnn(-c2ccc(Br)cc2)c1CSc1ncccn1. The van der Waals surface area contributed by atoms with E-state index in [4.69, 9.17) is 0 Å². The fraction of sp³-hybridized carbons (Fsp3) is 0.0952. The van der Waals surface area contributed by atoms with Gasteiger partial charge in [0.25, 0.3) is 5.91 Å². The molecule has 1 N–H and O–H groups in total. The van der Waals surface area contributed by atoms with E-state index in [1.807, 2.05) is 24.3 Å². The molecule has 0 aliphatic carbocycles. The first kappa shape index (κ1) is 23.7. The number of thioether (sulfide) groups is 1. The van der Waals surface area contributed by atoms with Crippen LogP contribution in [0.5, 0.6) is 5.75 Å². The number of hydrogen-bond acceptors (Lipinski definition) is 7. The molecule has 8 nitrogen and oxygen atoms in total. The van der Waals surface area contributed by atoms with Crippen LogP contribution in [-0.4, -0.2) is 37.2 Å². The lowest BCUT2D eigenvalue weighted by molar-refractivity contribution is -0.274. The van der Waals surface area contributed by atoms with Gasteiger partial charge in [0.1, 0.15) is 5.75 Å². The lowest BCUT2D eigenvalue weighted by atomic mass is 10.2. The second-order valence-corrected chi connectivity index (χ2v) is 8.48. The molecule has 2 aromatic carbocycles. The number of rotatable bonds is 7. The molecule has 0 atom stereocenters. The van der Waals surface area contributed by atoms with Gasteiger partial charge in [-0.05, 0) is 54.6 Å². The molecule has 0 unspecified atom stereocenters. The van der Waals surface area contributed by atoms with Crippen LogP contribution in [0.3, 0.4) is 0 Å². The van der Waals surface area contributed by atoms with Crippen molar-refractivity contribution in [3.8, 4) is 11.4 Å². The normalized spacial score (nSPS) is 11.3. The maximum absolute atomic E-state index is 13.0. The van der Waals surface area contributed by atoms with Crippen molar-refractivity contribution in [3.05, 3.63) is 82.9 Å². The van der Waals surface area contributed by atoms with E-state index in [1.54, 1.807) is 18.5 Å². The third kappa shape index (κ3) is 6.11. The Bertz CT molecular complexity index is 1270. The van der Waals surface area contributed by atoms with Gasteiger partial charge in [-0.15, -0.1) is 18.3 Å². The second kappa shape index (κ2) is 10.2. The van der Waals surface area contributed by atoms with Gasteiger partial charge in [0.2, 0.25) is 0 Å². The maximum atomic E-state index is 13.0. The van der Waals surface area contributed by atoms with E-state index >= 15 is 0 Å². The third-order valence-electron chi connectivity index (χ3n) is 4.28. The van der Waals surface area contributed by atoms with Gasteiger partial charge in [0, 0.05) is 28.3 Å². The zero-order valence-electron chi connectivity index (χ0n) is 17.0. The minimum Gasteiger partial charge on any atom is -0.406 e. The molecule has 0 saturated carbocycles. The topological polar surface area (TPSA) is 94.8 Å². The van der Waals surface area contributed by atoms with Gasteiger partial charge in [-0.2, -0.15) is 0 Å². The predicted molar refractivity (Wildman–Crippen MR) is 122 cm³/mol. The van der Waals surface area contributed by atoms with Gasteiger partial charge in [-0.3, -0.25) is 4.79 Å². The molecule has 0 saturated heterocycles. The number of ether oxygens (including phenoxy) is 1. The van der Waals surface area contributed by atoms with Crippen LogP contribution in [-0.2, 0) is 5.75 Å². The summed E-state index contributed by atoms with van der Waals surface area (Å²) in [5.74, 6) is -0.683. The van der Waals surface area contributed by atoms with Crippen LogP contribution in [0.2, 0.25) is 0 Å². The minimum atomic E-state index is -4.80. The number of hydrogen-bond donors (Lipinski definition) is 1. The van der Waals surface area contributed by atoms with Crippen molar-refractivity contribution in [1.82, 2.24) is 25.0 Å². The fourth-order valence-corrected chi connectivity index (χ4v) is 3.88. The predicted octanol–water partition coefficient (Wildman–Crippen LogP) is 5.26. The molecular weight excluding hydrogens is 537 g/mol. The Kier molecular flexibility index (Phi) is 7.12. The highest BCUT2D eigenvalue weighted by Crippen LogP contribution is 2.26. The van der Waals surface area contributed by atoms with E-state index in [0.717, 1.165) is 16.6 Å². The van der Waals surface area contributed by atoms with E-state index in [2.05, 4.69) is 46.3 Å². The summed E-state index contributed by atoms with van der Waals surface area (Å²) in [5, 5.41) is 11.3. The Morgan fingerprint density at radius 2 is 1.74 bits per heavy atom. The summed E-state index contributed by atoms with van der Waals surface area (Å²) in [4.78, 5) is 21.3. The summed E-state index contributed by atoms with van der Waals surface area (Å²) >= 11 is 4.68. The molecule has 0 fully saturated rings. The number of carbonyl (C=O) groups excluding carboxylic acids is 1. The fourth-order valence-electron chi connectivity index (χ4n) is 2.82. The first-order chi connectivity index (χ1) is 16.3. The monoisotopic (exact) mass is 550 g/mol. The average molecular weight is 551 g/mol. The van der Waals surface area contributed by atoms with E-state index < -0.39 is 18.0 Å². The smallest absolute Gasteiger partial charge is 0.406 e. The highest BCUT2D eigenvalue weighted by molar-refractivity contribution is 9.10. The Morgan fingerprint density at radius 1 is 1.06 bits per heavy atom. The Hall–Kier alpha value is -3.45. The zero-order chi connectivity index (χ0) is 24.1. The number of nitrogens with zero attached hydrogens (tertiary/aromatic N) is 5. The molecule has 4 aromatic rings. The van der Waals surface area contributed by atoms with Crippen LogP contribution in [0, 0.1) is 0 Å². The molecule has 2 heterocycles. The van der Waals surface area contributed by atoms with Crippen molar-refractivity contribution in [2.45, 2.75) is 17.3 Å². The van der Waals surface area contributed by atoms with Crippen molar-refractivity contribution in [3.63, 3.8) is 0 Å². The first-order valence-electron chi connectivity index (χ1n) is 9.56. The van der Waals surface area contributed by atoms with Gasteiger partial charge in [-0.1, -0.05) is 32.9 Å². The van der Waals surface area contributed by atoms with Crippen LogP contribution in [0.25, 0.3) is 5.69 Å². The maximum Gasteiger partial charge on any atom is 0.573 e. The second-order valence-electron chi connectivity index (χ2n) is 6.62. The number of halogens is 4. The number of benzene rings is 2. The van der Waals surface area contributed by atoms with Crippen LogP contribution < -0.4 is 10.1 Å². The van der Waals surface area contributed by atoms with Gasteiger partial charge in [0.15, 0.2) is 10.9 Å². The summed E-state index contributed by atoms with van der Waals surface area (Å²) in [5.41, 5.74) is 1.51. The Morgan fingerprint density at radius 3 is 2.38 bits per heavy atom. The molecule has 0 aliphatic heterocycles. The molecule has 0 aliphatic rings. The molecule has 2 aromatic heterocycles. The quantitative estimate of drug-likeness (QED) is 0.247. The lowest BCUT2D eigenvalue weighted by Crippen LogP contribution is -2.17. The summed E-state index contributed by atoms with van der Waals surface area (Å²) < 4.78 is 43.3. The van der Waals surface area contributed by atoms with E-state index in [9.17, 15) is 18.0 Å². The van der Waals surface area contributed by atoms with E-state index in [-0.39, 0.29) is 17.1 Å². The van der Waals surface area contributed by atoms with Gasteiger partial charge < -0.3 is 10.1 Å². The number of nitrogens with one attached hydrogen (secondary N) is 1. The van der Waals surface area contributed by atoms with Crippen LogP contribution in [0.15, 0.2) is 76.6 Å². The number of amides is 1. The number of anilines is 1. The van der Waals surface area contributed by atoms with Crippen molar-refractivity contribution < 1.29 is 22.7 Å².